The molecule has 0 aliphatic carbocycles. The van der Waals surface area contributed by atoms with Crippen LogP contribution in [0.4, 0.5) is 0 Å². The SMILES string of the molecule is O=C(/C=C/c1ccc2c(c1)[C@@H](C(=O)NCCc1ccc(O)cc1)[C@H](c1ccc(O)cc1)O2)NCCc1ccc(O)cc1. The number of benzene rings is 4. The fourth-order valence-electron chi connectivity index (χ4n) is 4.92. The summed E-state index contributed by atoms with van der Waals surface area (Å²) in [5.41, 5.74) is 4.21. The Bertz CT molecular complexity index is 1560. The highest BCUT2D eigenvalue weighted by Crippen LogP contribution is 2.46. The summed E-state index contributed by atoms with van der Waals surface area (Å²) >= 11 is 0. The molecule has 2 amide bonds. The number of carbonyl (C=O) groups is 2. The summed E-state index contributed by atoms with van der Waals surface area (Å²) in [5, 5.41) is 34.6. The van der Waals surface area contributed by atoms with Gasteiger partial charge in [0.1, 0.15) is 35.0 Å². The summed E-state index contributed by atoms with van der Waals surface area (Å²) < 4.78 is 6.24. The smallest absolute Gasteiger partial charge is 0.244 e. The van der Waals surface area contributed by atoms with Gasteiger partial charge in [-0.05, 0) is 89.7 Å². The van der Waals surface area contributed by atoms with Crippen LogP contribution in [0.2, 0.25) is 0 Å². The Balaban J connectivity index is 1.27. The van der Waals surface area contributed by atoms with Gasteiger partial charge in [0.25, 0.3) is 0 Å². The first-order valence-electron chi connectivity index (χ1n) is 13.7. The lowest BCUT2D eigenvalue weighted by molar-refractivity contribution is -0.124. The van der Waals surface area contributed by atoms with Gasteiger partial charge in [0.2, 0.25) is 11.8 Å². The number of fused-ring (bicyclic) bond motifs is 1. The van der Waals surface area contributed by atoms with E-state index in [1.165, 1.54) is 6.08 Å². The first-order valence-corrected chi connectivity index (χ1v) is 13.7. The number of hydrogen-bond acceptors (Lipinski definition) is 6. The van der Waals surface area contributed by atoms with Gasteiger partial charge in [-0.15, -0.1) is 0 Å². The van der Waals surface area contributed by atoms with Crippen molar-refractivity contribution in [3.05, 3.63) is 125 Å². The van der Waals surface area contributed by atoms with Gasteiger partial charge in [0.15, 0.2) is 0 Å². The minimum atomic E-state index is -0.642. The highest BCUT2D eigenvalue weighted by Gasteiger charge is 2.40. The quantitative estimate of drug-likeness (QED) is 0.177. The minimum absolute atomic E-state index is 0.123. The number of aromatic hydroxyl groups is 3. The summed E-state index contributed by atoms with van der Waals surface area (Å²) in [6, 6.07) is 25.8. The largest absolute Gasteiger partial charge is 0.508 e. The van der Waals surface area contributed by atoms with Crippen LogP contribution in [-0.2, 0) is 22.4 Å². The molecule has 1 heterocycles. The number of rotatable bonds is 10. The molecule has 8 nitrogen and oxygen atoms in total. The number of amides is 2. The summed E-state index contributed by atoms with van der Waals surface area (Å²) in [4.78, 5) is 26.0. The zero-order valence-corrected chi connectivity index (χ0v) is 22.9. The molecule has 0 aromatic heterocycles. The minimum Gasteiger partial charge on any atom is -0.508 e. The van der Waals surface area contributed by atoms with Gasteiger partial charge >= 0.3 is 0 Å². The second kappa shape index (κ2) is 13.0. The van der Waals surface area contributed by atoms with Crippen LogP contribution in [-0.4, -0.2) is 40.2 Å². The average Bonchev–Trinajstić information content (AvgIpc) is 3.37. The molecule has 8 heteroatoms. The van der Waals surface area contributed by atoms with Crippen molar-refractivity contribution in [2.24, 2.45) is 0 Å². The highest BCUT2D eigenvalue weighted by molar-refractivity contribution is 5.92. The third-order valence-corrected chi connectivity index (χ3v) is 7.16. The summed E-state index contributed by atoms with van der Waals surface area (Å²) in [5.74, 6) is 0.0241. The summed E-state index contributed by atoms with van der Waals surface area (Å²) in [6.45, 7) is 0.855. The van der Waals surface area contributed by atoms with Crippen molar-refractivity contribution in [3.63, 3.8) is 0 Å². The molecule has 0 fully saturated rings. The number of hydrogen-bond donors (Lipinski definition) is 5. The lowest BCUT2D eigenvalue weighted by Gasteiger charge is -2.19. The summed E-state index contributed by atoms with van der Waals surface area (Å²) in [6.07, 6.45) is 3.80. The van der Waals surface area contributed by atoms with Gasteiger partial charge in [-0.3, -0.25) is 9.59 Å². The number of ether oxygens (including phenoxy) is 1. The number of carbonyl (C=O) groups excluding carboxylic acids is 2. The molecule has 5 N–H and O–H groups in total. The topological polar surface area (TPSA) is 128 Å². The molecule has 4 aromatic rings. The summed E-state index contributed by atoms with van der Waals surface area (Å²) in [7, 11) is 0. The van der Waals surface area contributed by atoms with Crippen molar-refractivity contribution in [1.29, 1.82) is 0 Å². The first kappa shape index (κ1) is 28.3. The van der Waals surface area contributed by atoms with Gasteiger partial charge in [0, 0.05) is 24.7 Å². The third-order valence-electron chi connectivity index (χ3n) is 7.16. The van der Waals surface area contributed by atoms with Crippen LogP contribution in [0.25, 0.3) is 6.08 Å². The van der Waals surface area contributed by atoms with Crippen molar-refractivity contribution in [1.82, 2.24) is 10.6 Å². The second-order valence-corrected chi connectivity index (χ2v) is 10.2. The van der Waals surface area contributed by atoms with Gasteiger partial charge in [-0.2, -0.15) is 0 Å². The molecule has 1 aliphatic rings. The molecule has 42 heavy (non-hydrogen) atoms. The molecule has 0 radical (unpaired) electrons. The highest BCUT2D eigenvalue weighted by atomic mass is 16.5. The van der Waals surface area contributed by atoms with Crippen molar-refractivity contribution in [2.75, 3.05) is 13.1 Å². The van der Waals surface area contributed by atoms with E-state index in [1.807, 2.05) is 36.4 Å². The lowest BCUT2D eigenvalue weighted by atomic mass is 9.89. The van der Waals surface area contributed by atoms with Crippen LogP contribution >= 0.6 is 0 Å². The van der Waals surface area contributed by atoms with Crippen LogP contribution < -0.4 is 15.4 Å². The van der Waals surface area contributed by atoms with E-state index >= 15 is 0 Å². The number of phenols is 3. The Hall–Kier alpha value is -5.24. The molecule has 214 valence electrons. The van der Waals surface area contributed by atoms with Gasteiger partial charge in [-0.25, -0.2) is 0 Å². The van der Waals surface area contributed by atoms with Crippen molar-refractivity contribution in [2.45, 2.75) is 24.9 Å². The fraction of sp³-hybridized carbons (Fsp3) is 0.176. The second-order valence-electron chi connectivity index (χ2n) is 10.2. The molecular formula is C34H32N2O6. The van der Waals surface area contributed by atoms with Crippen LogP contribution in [0.1, 0.15) is 39.8 Å². The molecular weight excluding hydrogens is 532 g/mol. The van der Waals surface area contributed by atoms with Crippen LogP contribution in [0, 0.1) is 0 Å². The Morgan fingerprint density at radius 2 is 1.26 bits per heavy atom. The van der Waals surface area contributed by atoms with E-state index in [0.29, 0.717) is 37.2 Å². The first-order chi connectivity index (χ1) is 20.4. The van der Waals surface area contributed by atoms with E-state index < -0.39 is 12.0 Å². The van der Waals surface area contributed by atoms with Gasteiger partial charge in [-0.1, -0.05) is 42.5 Å². The zero-order chi connectivity index (χ0) is 29.5. The molecule has 0 bridgehead atoms. The van der Waals surface area contributed by atoms with E-state index in [1.54, 1.807) is 60.7 Å². The molecule has 5 rings (SSSR count). The van der Waals surface area contributed by atoms with E-state index in [4.69, 9.17) is 4.74 Å². The molecule has 0 unspecified atom stereocenters. The normalized spacial score (nSPS) is 15.6. The molecule has 0 spiro atoms. The van der Waals surface area contributed by atoms with Gasteiger partial charge < -0.3 is 30.7 Å². The molecule has 0 saturated carbocycles. The van der Waals surface area contributed by atoms with Gasteiger partial charge in [0.05, 0.1) is 0 Å². The molecule has 0 saturated heterocycles. The Morgan fingerprint density at radius 1 is 0.714 bits per heavy atom. The van der Waals surface area contributed by atoms with E-state index in [-0.39, 0.29) is 29.1 Å². The standard InChI is InChI=1S/C34H32N2O6/c37-26-9-1-22(2-10-26)17-19-35-31(40)16-6-24-5-15-30-29(21-24)32(33(42-30)25-7-13-28(39)14-8-25)34(41)36-20-18-23-3-11-27(38)12-4-23/h1-16,21,32-33,37-39H,17-20H2,(H,35,40)(H,36,41)/b16-6+/t32-,33+/m1/s1. The van der Waals surface area contributed by atoms with Crippen LogP contribution in [0.5, 0.6) is 23.0 Å². The van der Waals surface area contributed by atoms with Crippen LogP contribution in [0.15, 0.2) is 97.1 Å². The monoisotopic (exact) mass is 564 g/mol. The molecule has 1 aliphatic heterocycles. The molecule has 2 atom stereocenters. The zero-order valence-electron chi connectivity index (χ0n) is 22.9. The Labute approximate surface area is 243 Å². The average molecular weight is 565 g/mol. The third kappa shape index (κ3) is 7.09. The maximum Gasteiger partial charge on any atom is 0.244 e. The number of nitrogens with one attached hydrogen (secondary N) is 2. The predicted molar refractivity (Wildman–Crippen MR) is 159 cm³/mol. The molecule has 4 aromatic carbocycles. The van der Waals surface area contributed by atoms with E-state index in [2.05, 4.69) is 10.6 Å². The maximum absolute atomic E-state index is 13.6. The van der Waals surface area contributed by atoms with Crippen molar-refractivity contribution in [3.8, 4) is 23.0 Å². The van der Waals surface area contributed by atoms with E-state index in [9.17, 15) is 24.9 Å². The van der Waals surface area contributed by atoms with Crippen molar-refractivity contribution >= 4 is 17.9 Å². The van der Waals surface area contributed by atoms with Crippen LogP contribution in [0.3, 0.4) is 0 Å². The Morgan fingerprint density at radius 3 is 1.86 bits per heavy atom. The predicted octanol–water partition coefficient (Wildman–Crippen LogP) is 4.75. The lowest BCUT2D eigenvalue weighted by Crippen LogP contribution is -2.33. The van der Waals surface area contributed by atoms with Crippen molar-refractivity contribution < 1.29 is 29.6 Å². The number of phenolic OH excluding ortho intramolecular Hbond substituents is 3. The Kier molecular flexibility index (Phi) is 8.72. The fourth-order valence-corrected chi connectivity index (χ4v) is 4.92. The maximum atomic E-state index is 13.6. The van der Waals surface area contributed by atoms with E-state index in [0.717, 1.165) is 22.3 Å².